The van der Waals surface area contributed by atoms with Crippen LogP contribution in [0.3, 0.4) is 0 Å². The van der Waals surface area contributed by atoms with Gasteiger partial charge < -0.3 is 0 Å². The first-order valence-electron chi connectivity index (χ1n) is 9.36. The summed E-state index contributed by atoms with van der Waals surface area (Å²) in [5.74, 6) is -1.95. The first-order chi connectivity index (χ1) is 13.9. The third-order valence-corrected chi connectivity index (χ3v) is 5.67. The molecule has 2 heterocycles. The van der Waals surface area contributed by atoms with E-state index in [2.05, 4.69) is 5.32 Å². The van der Waals surface area contributed by atoms with Crippen LogP contribution >= 0.6 is 0 Å². The Kier molecular flexibility index (Phi) is 3.49. The maximum Gasteiger partial charge on any atom is 0.266 e. The van der Waals surface area contributed by atoms with Crippen LogP contribution in [-0.2, 0) is 6.42 Å². The van der Waals surface area contributed by atoms with Crippen molar-refractivity contribution < 1.29 is 19.2 Å². The maximum absolute atomic E-state index is 13.4. The molecule has 1 N–H and O–H groups in total. The van der Waals surface area contributed by atoms with Crippen molar-refractivity contribution in [3.8, 4) is 0 Å². The largest absolute Gasteiger partial charge is 0.288 e. The van der Waals surface area contributed by atoms with Crippen LogP contribution in [0.4, 0.5) is 5.69 Å². The molecule has 6 nitrogen and oxygen atoms in total. The van der Waals surface area contributed by atoms with Gasteiger partial charge >= 0.3 is 0 Å². The van der Waals surface area contributed by atoms with E-state index in [4.69, 9.17) is 0 Å². The first-order valence-corrected chi connectivity index (χ1v) is 9.36. The minimum Gasteiger partial charge on any atom is -0.288 e. The average Bonchev–Trinajstić information content (AvgIpc) is 2.71. The van der Waals surface area contributed by atoms with E-state index in [0.29, 0.717) is 45.1 Å². The fraction of sp³-hybridized carbons (Fsp3) is 0.130. The smallest absolute Gasteiger partial charge is 0.266 e. The molecule has 29 heavy (non-hydrogen) atoms. The molecule has 0 fully saturated rings. The zero-order valence-electron chi connectivity index (χ0n) is 15.8. The van der Waals surface area contributed by atoms with Crippen LogP contribution in [0.25, 0.3) is 10.8 Å². The van der Waals surface area contributed by atoms with Gasteiger partial charge in [0.15, 0.2) is 0 Å². The molecule has 0 radical (unpaired) electrons. The second-order valence-corrected chi connectivity index (χ2v) is 7.24. The molecule has 5 rings (SSSR count). The molecule has 3 aromatic carbocycles. The number of benzene rings is 3. The van der Waals surface area contributed by atoms with E-state index in [0.717, 1.165) is 11.1 Å². The third kappa shape index (κ3) is 2.17. The second kappa shape index (κ2) is 5.85. The average molecular weight is 384 g/mol. The molecule has 2 aliphatic rings. The molecule has 0 unspecified atom stereocenters. The Balaban J connectivity index is 1.84. The Hall–Kier alpha value is -3.80. The molecule has 0 saturated carbocycles. The molecule has 0 saturated heterocycles. The number of rotatable bonds is 2. The van der Waals surface area contributed by atoms with E-state index in [1.165, 1.54) is 17.0 Å². The van der Waals surface area contributed by atoms with Crippen LogP contribution in [0.15, 0.2) is 42.5 Å². The number of anilines is 1. The summed E-state index contributed by atoms with van der Waals surface area (Å²) >= 11 is 0. The minimum absolute atomic E-state index is 0.291. The van der Waals surface area contributed by atoms with Crippen molar-refractivity contribution in [3.05, 3.63) is 75.8 Å². The molecule has 0 atom stereocenters. The lowest BCUT2D eigenvalue weighted by Crippen LogP contribution is -2.42. The molecular formula is C23H16N2O4. The van der Waals surface area contributed by atoms with Gasteiger partial charge in [0.1, 0.15) is 0 Å². The van der Waals surface area contributed by atoms with Gasteiger partial charge in [0, 0.05) is 33.0 Å². The van der Waals surface area contributed by atoms with Crippen LogP contribution in [0.2, 0.25) is 0 Å². The standard InChI is InChI=1S/C23H16N2O4/c1-3-12-6-4-5-11(2)19(12)25-22(28)15-9-7-13-17-14(21(27)24-20(13)26)8-10-16(18(15)17)23(25)29/h4-10H,3H2,1-2H3,(H,24,26,27). The second-order valence-electron chi connectivity index (χ2n) is 7.24. The Morgan fingerprint density at radius 3 is 1.83 bits per heavy atom. The quantitative estimate of drug-likeness (QED) is 0.687. The summed E-state index contributed by atoms with van der Waals surface area (Å²) in [4.78, 5) is 52.7. The van der Waals surface area contributed by atoms with Crippen LogP contribution in [0.1, 0.15) is 59.5 Å². The zero-order chi connectivity index (χ0) is 20.4. The summed E-state index contributed by atoms with van der Waals surface area (Å²) in [6.45, 7) is 3.84. The van der Waals surface area contributed by atoms with Crippen LogP contribution < -0.4 is 10.2 Å². The lowest BCUT2D eigenvalue weighted by molar-refractivity contribution is 0.0837. The molecule has 0 spiro atoms. The van der Waals surface area contributed by atoms with Crippen molar-refractivity contribution in [2.45, 2.75) is 20.3 Å². The highest BCUT2D eigenvalue weighted by molar-refractivity contribution is 6.39. The van der Waals surface area contributed by atoms with Gasteiger partial charge in [0.25, 0.3) is 23.6 Å². The molecule has 2 aliphatic heterocycles. The van der Waals surface area contributed by atoms with Gasteiger partial charge in [0.05, 0.1) is 5.69 Å². The van der Waals surface area contributed by atoms with Gasteiger partial charge in [-0.3, -0.25) is 24.5 Å². The van der Waals surface area contributed by atoms with E-state index >= 15 is 0 Å². The SMILES string of the molecule is CCc1cccc(C)c1N1C(=O)c2ccc3c4c(ccc(c24)C1=O)C(=O)NC3=O. The summed E-state index contributed by atoms with van der Waals surface area (Å²) in [7, 11) is 0. The van der Waals surface area contributed by atoms with Crippen molar-refractivity contribution in [3.63, 3.8) is 0 Å². The van der Waals surface area contributed by atoms with Crippen LogP contribution in [0.5, 0.6) is 0 Å². The van der Waals surface area contributed by atoms with Crippen molar-refractivity contribution in [1.29, 1.82) is 0 Å². The number of hydrogen-bond donors (Lipinski definition) is 1. The Morgan fingerprint density at radius 1 is 0.759 bits per heavy atom. The topological polar surface area (TPSA) is 83.6 Å². The van der Waals surface area contributed by atoms with E-state index in [-0.39, 0.29) is 0 Å². The van der Waals surface area contributed by atoms with Crippen molar-refractivity contribution in [2.24, 2.45) is 0 Å². The predicted octanol–water partition coefficient (Wildman–Crippen LogP) is 3.39. The van der Waals surface area contributed by atoms with Crippen LogP contribution in [0, 0.1) is 6.92 Å². The number of para-hydroxylation sites is 1. The number of hydrogen-bond acceptors (Lipinski definition) is 4. The zero-order valence-corrected chi connectivity index (χ0v) is 15.8. The van der Waals surface area contributed by atoms with Crippen molar-refractivity contribution in [2.75, 3.05) is 4.90 Å². The fourth-order valence-corrected chi connectivity index (χ4v) is 4.33. The predicted molar refractivity (Wildman–Crippen MR) is 107 cm³/mol. The van der Waals surface area contributed by atoms with E-state index < -0.39 is 23.6 Å². The molecular weight excluding hydrogens is 368 g/mol. The number of nitrogens with zero attached hydrogens (tertiary/aromatic N) is 1. The van der Waals surface area contributed by atoms with Crippen molar-refractivity contribution >= 4 is 40.1 Å². The Labute approximate surface area is 166 Å². The van der Waals surface area contributed by atoms with Gasteiger partial charge in [-0.1, -0.05) is 25.1 Å². The highest BCUT2D eigenvalue weighted by atomic mass is 16.2. The number of aryl methyl sites for hydroxylation is 2. The minimum atomic E-state index is -0.527. The van der Waals surface area contributed by atoms with Crippen LogP contribution in [-0.4, -0.2) is 23.6 Å². The normalized spacial score (nSPS) is 15.2. The monoisotopic (exact) mass is 384 g/mol. The summed E-state index contributed by atoms with van der Waals surface area (Å²) in [5, 5.41) is 3.04. The number of imide groups is 2. The molecule has 6 heteroatoms. The molecule has 0 bridgehead atoms. The van der Waals surface area contributed by atoms with Gasteiger partial charge in [0.2, 0.25) is 0 Å². The number of carbonyl (C=O) groups is 4. The lowest BCUT2D eigenvalue weighted by Gasteiger charge is -2.31. The highest BCUT2D eigenvalue weighted by Gasteiger charge is 2.38. The number of amides is 4. The summed E-state index contributed by atoms with van der Waals surface area (Å²) in [6.07, 6.45) is 0.670. The lowest BCUT2D eigenvalue weighted by atomic mass is 9.86. The van der Waals surface area contributed by atoms with E-state index in [1.807, 2.05) is 32.0 Å². The number of carbonyl (C=O) groups excluding carboxylic acids is 4. The molecule has 142 valence electrons. The fourth-order valence-electron chi connectivity index (χ4n) is 4.33. The van der Waals surface area contributed by atoms with Gasteiger partial charge in [-0.15, -0.1) is 0 Å². The molecule has 0 aromatic heterocycles. The third-order valence-electron chi connectivity index (χ3n) is 5.67. The Morgan fingerprint density at radius 2 is 1.28 bits per heavy atom. The molecule has 4 amide bonds. The van der Waals surface area contributed by atoms with Gasteiger partial charge in [-0.05, 0) is 48.7 Å². The van der Waals surface area contributed by atoms with Crippen molar-refractivity contribution in [1.82, 2.24) is 5.32 Å². The number of nitrogens with one attached hydrogen (secondary N) is 1. The molecule has 3 aromatic rings. The van der Waals surface area contributed by atoms with Gasteiger partial charge in [-0.25, -0.2) is 4.90 Å². The summed E-state index contributed by atoms with van der Waals surface area (Å²) in [6, 6.07) is 11.9. The maximum atomic E-state index is 13.4. The Bertz CT molecular complexity index is 1240. The summed E-state index contributed by atoms with van der Waals surface area (Å²) in [5.41, 5.74) is 3.53. The van der Waals surface area contributed by atoms with E-state index in [9.17, 15) is 19.2 Å². The molecule has 0 aliphatic carbocycles. The van der Waals surface area contributed by atoms with E-state index in [1.54, 1.807) is 12.1 Å². The first kappa shape index (κ1) is 17.3. The summed E-state index contributed by atoms with van der Waals surface area (Å²) < 4.78 is 0. The van der Waals surface area contributed by atoms with Gasteiger partial charge in [-0.2, -0.15) is 0 Å². The highest BCUT2D eigenvalue weighted by Crippen LogP contribution is 2.39.